The average Bonchev–Trinajstić information content (AvgIpc) is 3.30. The molecular weight excluding hydrogens is 536 g/mol. The number of unbranched alkanes of at least 4 members (excludes halogenated alkanes) is 5. The number of fused-ring (bicyclic) bond motifs is 1. The lowest BCUT2D eigenvalue weighted by Crippen LogP contribution is -2.28. The second-order valence-electron chi connectivity index (χ2n) is 10.9. The molecule has 0 fully saturated rings. The number of ether oxygens (including phenoxy) is 1. The molecule has 1 heterocycles. The molecule has 8 heteroatoms. The summed E-state index contributed by atoms with van der Waals surface area (Å²) < 4.78 is 38.1. The zero-order valence-corrected chi connectivity index (χ0v) is 26.2. The maximum atomic E-state index is 13.7. The minimum atomic E-state index is -3.45. The fourth-order valence-electron chi connectivity index (χ4n) is 5.02. The van der Waals surface area contributed by atoms with Crippen molar-refractivity contribution in [2.45, 2.75) is 85.0 Å². The standard InChI is InChI=1S/C33H48N2O5S/c1-5-8-11-21-35(22-12-9-6-2)23-13-24-39-28-18-15-26(16-19-28)33(36)32-29-25-27(34-41(4,37)38)17-20-30(29)40-31(32)14-10-7-3/h15-20,25,34H,5-14,21-24H2,1-4H3. The van der Waals surface area contributed by atoms with Gasteiger partial charge < -0.3 is 14.1 Å². The van der Waals surface area contributed by atoms with Crippen molar-refractivity contribution in [2.24, 2.45) is 0 Å². The minimum absolute atomic E-state index is 0.146. The van der Waals surface area contributed by atoms with E-state index >= 15 is 0 Å². The molecule has 0 amide bonds. The molecule has 1 N–H and O–H groups in total. The summed E-state index contributed by atoms with van der Waals surface area (Å²) in [6.07, 6.45) is 12.1. The Bertz CT molecular complexity index is 1320. The van der Waals surface area contributed by atoms with Gasteiger partial charge in [-0.05, 0) is 81.2 Å². The van der Waals surface area contributed by atoms with Gasteiger partial charge in [0.1, 0.15) is 17.1 Å². The number of hydrogen-bond acceptors (Lipinski definition) is 6. The minimum Gasteiger partial charge on any atom is -0.494 e. The van der Waals surface area contributed by atoms with Crippen LogP contribution in [0.15, 0.2) is 46.9 Å². The summed E-state index contributed by atoms with van der Waals surface area (Å²) in [5.41, 5.74) is 2.00. The summed E-state index contributed by atoms with van der Waals surface area (Å²) in [7, 11) is -3.45. The van der Waals surface area contributed by atoms with Crippen LogP contribution in [0.1, 0.15) is 100 Å². The number of furan rings is 1. The van der Waals surface area contributed by atoms with Gasteiger partial charge in [0.05, 0.1) is 18.4 Å². The number of aryl methyl sites for hydroxylation is 1. The summed E-state index contributed by atoms with van der Waals surface area (Å²) in [6.45, 7) is 10.6. The Morgan fingerprint density at radius 1 is 0.854 bits per heavy atom. The fourth-order valence-corrected chi connectivity index (χ4v) is 5.57. The second-order valence-corrected chi connectivity index (χ2v) is 12.6. The van der Waals surface area contributed by atoms with E-state index in [1.54, 1.807) is 30.3 Å². The van der Waals surface area contributed by atoms with Crippen molar-refractivity contribution in [3.05, 3.63) is 59.4 Å². The maximum absolute atomic E-state index is 13.7. The molecule has 0 atom stereocenters. The van der Waals surface area contributed by atoms with Crippen LogP contribution in [-0.4, -0.2) is 51.6 Å². The first-order chi connectivity index (χ1) is 19.8. The summed E-state index contributed by atoms with van der Waals surface area (Å²) >= 11 is 0. The van der Waals surface area contributed by atoms with Gasteiger partial charge in [-0.3, -0.25) is 9.52 Å². The molecule has 0 bridgehead atoms. The lowest BCUT2D eigenvalue weighted by Gasteiger charge is -2.22. The van der Waals surface area contributed by atoms with Crippen molar-refractivity contribution in [2.75, 3.05) is 37.2 Å². The monoisotopic (exact) mass is 584 g/mol. The first-order valence-corrected chi connectivity index (χ1v) is 17.2. The van der Waals surface area contributed by atoms with Crippen molar-refractivity contribution in [3.8, 4) is 5.75 Å². The largest absolute Gasteiger partial charge is 0.494 e. The summed E-state index contributed by atoms with van der Waals surface area (Å²) in [4.78, 5) is 16.3. The van der Waals surface area contributed by atoms with E-state index in [0.717, 1.165) is 50.9 Å². The first-order valence-electron chi connectivity index (χ1n) is 15.3. The molecule has 0 radical (unpaired) electrons. The highest BCUT2D eigenvalue weighted by molar-refractivity contribution is 7.92. The number of rotatable bonds is 20. The molecule has 1 aromatic heterocycles. The Morgan fingerprint density at radius 3 is 2.10 bits per heavy atom. The van der Waals surface area contributed by atoms with Gasteiger partial charge in [-0.25, -0.2) is 8.42 Å². The topological polar surface area (TPSA) is 88.8 Å². The number of ketones is 1. The SMILES string of the molecule is CCCCCN(CCCCC)CCCOc1ccc(C(=O)c2c(CCCC)oc3ccc(NS(C)(=O)=O)cc23)cc1. The van der Waals surface area contributed by atoms with E-state index < -0.39 is 10.0 Å². The number of benzene rings is 2. The molecule has 0 aliphatic carbocycles. The molecule has 0 aliphatic heterocycles. The Hall–Kier alpha value is -2.84. The smallest absolute Gasteiger partial charge is 0.229 e. The van der Waals surface area contributed by atoms with Gasteiger partial charge in [0.15, 0.2) is 5.78 Å². The van der Waals surface area contributed by atoms with Crippen LogP contribution in [0.5, 0.6) is 5.75 Å². The van der Waals surface area contributed by atoms with Gasteiger partial charge in [-0.1, -0.05) is 52.9 Å². The number of carbonyl (C=O) groups is 1. The Labute approximate surface area is 246 Å². The zero-order valence-electron chi connectivity index (χ0n) is 25.3. The van der Waals surface area contributed by atoms with Gasteiger partial charge in [0.2, 0.25) is 10.0 Å². The summed E-state index contributed by atoms with van der Waals surface area (Å²) in [5.74, 6) is 1.23. The molecular formula is C33H48N2O5S. The van der Waals surface area contributed by atoms with Crippen LogP contribution in [0.4, 0.5) is 5.69 Å². The van der Waals surface area contributed by atoms with E-state index in [-0.39, 0.29) is 5.78 Å². The van der Waals surface area contributed by atoms with Gasteiger partial charge in [0, 0.05) is 29.6 Å². The predicted octanol–water partition coefficient (Wildman–Crippen LogP) is 7.83. The molecule has 0 aliphatic rings. The molecule has 7 nitrogen and oxygen atoms in total. The van der Waals surface area contributed by atoms with Crippen LogP contribution < -0.4 is 9.46 Å². The first kappa shape index (κ1) is 32.7. The molecule has 226 valence electrons. The lowest BCUT2D eigenvalue weighted by molar-refractivity contribution is 0.103. The van der Waals surface area contributed by atoms with Crippen LogP contribution in [0.3, 0.4) is 0 Å². The average molecular weight is 585 g/mol. The van der Waals surface area contributed by atoms with Crippen molar-refractivity contribution >= 4 is 32.5 Å². The number of nitrogens with one attached hydrogen (secondary N) is 1. The lowest BCUT2D eigenvalue weighted by atomic mass is 9.98. The van der Waals surface area contributed by atoms with E-state index in [1.807, 2.05) is 12.1 Å². The quantitative estimate of drug-likeness (QED) is 0.108. The third-order valence-electron chi connectivity index (χ3n) is 7.21. The number of nitrogens with zero attached hydrogens (tertiary/aromatic N) is 1. The molecule has 2 aromatic carbocycles. The number of hydrogen-bond donors (Lipinski definition) is 1. The van der Waals surface area contributed by atoms with Crippen LogP contribution in [0.25, 0.3) is 11.0 Å². The Morgan fingerprint density at radius 2 is 1.49 bits per heavy atom. The third-order valence-corrected chi connectivity index (χ3v) is 7.81. The fraction of sp³-hybridized carbons (Fsp3) is 0.545. The van der Waals surface area contributed by atoms with Crippen LogP contribution in [-0.2, 0) is 16.4 Å². The van der Waals surface area contributed by atoms with Gasteiger partial charge >= 0.3 is 0 Å². The molecule has 41 heavy (non-hydrogen) atoms. The van der Waals surface area contributed by atoms with Crippen molar-refractivity contribution in [1.29, 1.82) is 0 Å². The third kappa shape index (κ3) is 10.5. The number of anilines is 1. The maximum Gasteiger partial charge on any atom is 0.229 e. The predicted molar refractivity (Wildman–Crippen MR) is 169 cm³/mol. The number of carbonyl (C=O) groups excluding carboxylic acids is 1. The van der Waals surface area contributed by atoms with E-state index in [4.69, 9.17) is 9.15 Å². The second kappa shape index (κ2) is 16.6. The van der Waals surface area contributed by atoms with Crippen molar-refractivity contribution in [1.82, 2.24) is 4.90 Å². The van der Waals surface area contributed by atoms with E-state index in [1.165, 1.54) is 38.5 Å². The highest BCUT2D eigenvalue weighted by Gasteiger charge is 2.22. The van der Waals surface area contributed by atoms with Crippen LogP contribution >= 0.6 is 0 Å². The van der Waals surface area contributed by atoms with Crippen LogP contribution in [0.2, 0.25) is 0 Å². The summed E-state index contributed by atoms with van der Waals surface area (Å²) in [5, 5.41) is 0.609. The van der Waals surface area contributed by atoms with Gasteiger partial charge in [-0.2, -0.15) is 0 Å². The molecule has 0 saturated carbocycles. The molecule has 0 spiro atoms. The Kier molecular flexibility index (Phi) is 13.2. The highest BCUT2D eigenvalue weighted by atomic mass is 32.2. The van der Waals surface area contributed by atoms with E-state index in [9.17, 15) is 13.2 Å². The van der Waals surface area contributed by atoms with Gasteiger partial charge in [-0.15, -0.1) is 0 Å². The molecule has 3 aromatic rings. The molecule has 0 saturated heterocycles. The normalized spacial score (nSPS) is 11.8. The molecule has 0 unspecified atom stereocenters. The summed E-state index contributed by atoms with van der Waals surface area (Å²) in [6, 6.07) is 12.3. The highest BCUT2D eigenvalue weighted by Crippen LogP contribution is 2.32. The molecule has 3 rings (SSSR count). The van der Waals surface area contributed by atoms with E-state index in [2.05, 4.69) is 30.4 Å². The number of sulfonamides is 1. The van der Waals surface area contributed by atoms with Crippen LogP contribution in [0, 0.1) is 0 Å². The zero-order chi connectivity index (χ0) is 29.7. The van der Waals surface area contributed by atoms with Crippen molar-refractivity contribution in [3.63, 3.8) is 0 Å². The Balaban J connectivity index is 1.67. The van der Waals surface area contributed by atoms with Gasteiger partial charge in [0.25, 0.3) is 0 Å². The van der Waals surface area contributed by atoms with Crippen molar-refractivity contribution < 1.29 is 22.4 Å². The van der Waals surface area contributed by atoms with E-state index in [0.29, 0.717) is 46.6 Å².